The first-order valence-electron chi connectivity index (χ1n) is 5.39. The zero-order chi connectivity index (χ0) is 13.0. The van der Waals surface area contributed by atoms with E-state index in [4.69, 9.17) is 9.47 Å². The molecule has 0 aliphatic rings. The maximum atomic E-state index is 5.13. The fourth-order valence-electron chi connectivity index (χ4n) is 1.49. The van der Waals surface area contributed by atoms with Gasteiger partial charge in [-0.3, -0.25) is 0 Å². The van der Waals surface area contributed by atoms with Crippen molar-refractivity contribution in [1.29, 1.82) is 0 Å². The molecule has 0 bridgehead atoms. The molecule has 4 nitrogen and oxygen atoms in total. The summed E-state index contributed by atoms with van der Waals surface area (Å²) in [6, 6.07) is 9.66. The van der Waals surface area contributed by atoms with Gasteiger partial charge in [0.05, 0.1) is 20.3 Å². The van der Waals surface area contributed by atoms with Crippen molar-refractivity contribution in [3.8, 4) is 23.1 Å². The fraction of sp³-hybridized carbons (Fsp3) is 0.231. The Balaban J connectivity index is 2.41. The summed E-state index contributed by atoms with van der Waals surface area (Å²) >= 11 is 3.41. The van der Waals surface area contributed by atoms with Crippen LogP contribution in [0.5, 0.6) is 11.8 Å². The molecule has 0 aliphatic heterocycles. The molecule has 1 heterocycles. The zero-order valence-corrected chi connectivity index (χ0v) is 11.8. The van der Waals surface area contributed by atoms with E-state index in [2.05, 4.69) is 25.9 Å². The highest BCUT2D eigenvalue weighted by Crippen LogP contribution is 2.23. The lowest BCUT2D eigenvalue weighted by Gasteiger charge is -2.06. The molecular formula is C13H13BrN2O2. The Bertz CT molecular complexity index is 507. The van der Waals surface area contributed by atoms with Gasteiger partial charge in [-0.05, 0) is 5.56 Å². The van der Waals surface area contributed by atoms with Crippen LogP contribution in [-0.4, -0.2) is 24.2 Å². The van der Waals surface area contributed by atoms with E-state index in [9.17, 15) is 0 Å². The number of hydrogen-bond acceptors (Lipinski definition) is 4. The molecule has 0 spiro atoms. The Kier molecular flexibility index (Phi) is 4.15. The van der Waals surface area contributed by atoms with Gasteiger partial charge in [0.2, 0.25) is 11.8 Å². The number of rotatable bonds is 4. The Morgan fingerprint density at radius 1 is 1.00 bits per heavy atom. The van der Waals surface area contributed by atoms with Crippen molar-refractivity contribution in [3.05, 3.63) is 35.9 Å². The molecule has 0 saturated carbocycles. The molecule has 1 aromatic heterocycles. The molecule has 94 valence electrons. The van der Waals surface area contributed by atoms with Crippen LogP contribution >= 0.6 is 15.9 Å². The average Bonchev–Trinajstić information content (AvgIpc) is 2.46. The van der Waals surface area contributed by atoms with E-state index < -0.39 is 0 Å². The van der Waals surface area contributed by atoms with Gasteiger partial charge in [0.25, 0.3) is 0 Å². The van der Waals surface area contributed by atoms with Gasteiger partial charge >= 0.3 is 0 Å². The SMILES string of the molecule is COc1cc(OC)nc(-c2ccc(CBr)cc2)n1. The van der Waals surface area contributed by atoms with Gasteiger partial charge in [0.1, 0.15) is 0 Å². The molecule has 2 rings (SSSR count). The molecule has 1 aromatic carbocycles. The monoisotopic (exact) mass is 308 g/mol. The second-order valence-electron chi connectivity index (χ2n) is 3.61. The van der Waals surface area contributed by atoms with Gasteiger partial charge in [-0.2, -0.15) is 9.97 Å². The van der Waals surface area contributed by atoms with Gasteiger partial charge in [0, 0.05) is 10.9 Å². The standard InChI is InChI=1S/C13H13BrN2O2/c1-17-11-7-12(18-2)16-13(15-11)10-5-3-9(8-14)4-6-10/h3-7H,8H2,1-2H3. The summed E-state index contributed by atoms with van der Waals surface area (Å²) in [5, 5.41) is 0.829. The fourth-order valence-corrected chi connectivity index (χ4v) is 1.86. The summed E-state index contributed by atoms with van der Waals surface area (Å²) in [5.74, 6) is 1.56. The third-order valence-electron chi connectivity index (χ3n) is 2.46. The minimum atomic E-state index is 0.487. The van der Waals surface area contributed by atoms with Crippen LogP contribution < -0.4 is 9.47 Å². The summed E-state index contributed by atoms with van der Waals surface area (Å²) in [6.45, 7) is 0. The smallest absolute Gasteiger partial charge is 0.220 e. The minimum Gasteiger partial charge on any atom is -0.481 e. The third kappa shape index (κ3) is 2.79. The normalized spacial score (nSPS) is 10.2. The number of benzene rings is 1. The molecule has 0 amide bonds. The number of ether oxygens (including phenoxy) is 2. The second-order valence-corrected chi connectivity index (χ2v) is 4.17. The first kappa shape index (κ1) is 12.8. The van der Waals surface area contributed by atoms with Crippen LogP contribution in [0.1, 0.15) is 5.56 Å². The molecule has 0 saturated heterocycles. The summed E-state index contributed by atoms with van der Waals surface area (Å²) in [7, 11) is 3.14. The Hall–Kier alpha value is -1.62. The van der Waals surface area contributed by atoms with Crippen molar-refractivity contribution in [1.82, 2.24) is 9.97 Å². The topological polar surface area (TPSA) is 44.2 Å². The number of aromatic nitrogens is 2. The Labute approximate surface area is 114 Å². The molecule has 0 aliphatic carbocycles. The number of halogens is 1. The van der Waals surface area contributed by atoms with E-state index in [1.165, 1.54) is 5.56 Å². The summed E-state index contributed by atoms with van der Waals surface area (Å²) in [5.41, 5.74) is 2.13. The molecule has 0 radical (unpaired) electrons. The molecule has 5 heteroatoms. The van der Waals surface area contributed by atoms with Crippen molar-refractivity contribution in [3.63, 3.8) is 0 Å². The number of nitrogens with zero attached hydrogens (tertiary/aromatic N) is 2. The highest BCUT2D eigenvalue weighted by molar-refractivity contribution is 9.08. The van der Waals surface area contributed by atoms with E-state index in [1.54, 1.807) is 20.3 Å². The highest BCUT2D eigenvalue weighted by Gasteiger charge is 2.07. The van der Waals surface area contributed by atoms with Crippen LogP contribution in [-0.2, 0) is 5.33 Å². The number of alkyl halides is 1. The Morgan fingerprint density at radius 2 is 1.56 bits per heavy atom. The van der Waals surface area contributed by atoms with Crippen molar-refractivity contribution >= 4 is 15.9 Å². The quantitative estimate of drug-likeness (QED) is 0.814. The lowest BCUT2D eigenvalue weighted by molar-refractivity contribution is 0.372. The lowest BCUT2D eigenvalue weighted by atomic mass is 10.1. The molecule has 0 fully saturated rings. The molecule has 0 atom stereocenters. The predicted octanol–water partition coefficient (Wildman–Crippen LogP) is 3.06. The number of hydrogen-bond donors (Lipinski definition) is 0. The van der Waals surface area contributed by atoms with Crippen LogP contribution in [0.2, 0.25) is 0 Å². The van der Waals surface area contributed by atoms with Gasteiger partial charge in [0.15, 0.2) is 5.82 Å². The molecule has 0 unspecified atom stereocenters. The summed E-state index contributed by atoms with van der Waals surface area (Å²) in [6.07, 6.45) is 0. The minimum absolute atomic E-state index is 0.487. The van der Waals surface area contributed by atoms with E-state index in [0.29, 0.717) is 17.6 Å². The van der Waals surface area contributed by atoms with Gasteiger partial charge < -0.3 is 9.47 Å². The van der Waals surface area contributed by atoms with Crippen molar-refractivity contribution < 1.29 is 9.47 Å². The average molecular weight is 309 g/mol. The summed E-state index contributed by atoms with van der Waals surface area (Å²) in [4.78, 5) is 8.60. The highest BCUT2D eigenvalue weighted by atomic mass is 79.9. The first-order chi connectivity index (χ1) is 8.76. The third-order valence-corrected chi connectivity index (χ3v) is 3.11. The summed E-state index contributed by atoms with van der Waals surface area (Å²) < 4.78 is 10.3. The second kappa shape index (κ2) is 5.82. The van der Waals surface area contributed by atoms with Gasteiger partial charge in [-0.15, -0.1) is 0 Å². The first-order valence-corrected chi connectivity index (χ1v) is 6.51. The van der Waals surface area contributed by atoms with Crippen LogP contribution in [0.25, 0.3) is 11.4 Å². The van der Waals surface area contributed by atoms with E-state index >= 15 is 0 Å². The largest absolute Gasteiger partial charge is 0.481 e. The molecule has 2 aromatic rings. The maximum absolute atomic E-state index is 5.13. The van der Waals surface area contributed by atoms with E-state index in [0.717, 1.165) is 10.9 Å². The van der Waals surface area contributed by atoms with Crippen LogP contribution in [0.3, 0.4) is 0 Å². The molecular weight excluding hydrogens is 296 g/mol. The van der Waals surface area contributed by atoms with Crippen molar-refractivity contribution in [2.75, 3.05) is 14.2 Å². The Morgan fingerprint density at radius 3 is 2.00 bits per heavy atom. The lowest BCUT2D eigenvalue weighted by Crippen LogP contribution is -1.97. The van der Waals surface area contributed by atoms with E-state index in [-0.39, 0.29) is 0 Å². The zero-order valence-electron chi connectivity index (χ0n) is 10.2. The van der Waals surface area contributed by atoms with Crippen LogP contribution in [0.15, 0.2) is 30.3 Å². The predicted molar refractivity (Wildman–Crippen MR) is 73.2 cm³/mol. The van der Waals surface area contributed by atoms with Crippen LogP contribution in [0, 0.1) is 0 Å². The number of methoxy groups -OCH3 is 2. The van der Waals surface area contributed by atoms with Crippen LogP contribution in [0.4, 0.5) is 0 Å². The van der Waals surface area contributed by atoms with Gasteiger partial charge in [-0.1, -0.05) is 40.2 Å². The molecule has 0 N–H and O–H groups in total. The van der Waals surface area contributed by atoms with Gasteiger partial charge in [-0.25, -0.2) is 0 Å². The van der Waals surface area contributed by atoms with Crippen molar-refractivity contribution in [2.24, 2.45) is 0 Å². The maximum Gasteiger partial charge on any atom is 0.220 e. The molecule has 18 heavy (non-hydrogen) atoms. The van der Waals surface area contributed by atoms with Crippen molar-refractivity contribution in [2.45, 2.75) is 5.33 Å². The van der Waals surface area contributed by atoms with E-state index in [1.807, 2.05) is 24.3 Å².